The van der Waals surface area contributed by atoms with Crippen LogP contribution < -0.4 is 9.41 Å². The minimum Gasteiger partial charge on any atom is -0.497 e. The van der Waals surface area contributed by atoms with Crippen molar-refractivity contribution in [1.29, 1.82) is 0 Å². The van der Waals surface area contributed by atoms with E-state index in [1.165, 1.54) is 20.9 Å². The summed E-state index contributed by atoms with van der Waals surface area (Å²) in [4.78, 5) is 9.21. The van der Waals surface area contributed by atoms with E-state index < -0.39 is 0 Å². The van der Waals surface area contributed by atoms with Crippen LogP contribution in [0.2, 0.25) is 5.15 Å². The zero-order valence-corrected chi connectivity index (χ0v) is 15.5. The molecule has 124 valence electrons. The largest absolute Gasteiger partial charge is 0.497 e. The first-order valence-electron chi connectivity index (χ1n) is 7.44. The summed E-state index contributed by atoms with van der Waals surface area (Å²) in [6.07, 6.45) is 1.80. The van der Waals surface area contributed by atoms with Gasteiger partial charge in [0.15, 0.2) is 9.82 Å². The molecule has 0 fully saturated rings. The lowest BCUT2D eigenvalue weighted by Gasteiger charge is -2.10. The smallest absolute Gasteiger partial charge is 0.179 e. The Morgan fingerprint density at radius 2 is 1.96 bits per heavy atom. The van der Waals surface area contributed by atoms with E-state index in [0.29, 0.717) is 15.5 Å². The van der Waals surface area contributed by atoms with Gasteiger partial charge in [0.2, 0.25) is 0 Å². The van der Waals surface area contributed by atoms with Crippen molar-refractivity contribution >= 4 is 49.1 Å². The molecule has 0 aliphatic heterocycles. The maximum absolute atomic E-state index is 6.11. The molecule has 0 spiro atoms. The van der Waals surface area contributed by atoms with Crippen LogP contribution in [-0.4, -0.2) is 16.5 Å². The van der Waals surface area contributed by atoms with E-state index in [4.69, 9.17) is 16.3 Å². The van der Waals surface area contributed by atoms with Crippen LogP contribution in [0, 0.1) is 0 Å². The third kappa shape index (κ3) is 3.16. The number of ether oxygens (including phenoxy) is 1. The van der Waals surface area contributed by atoms with E-state index in [1.807, 2.05) is 36.4 Å². The van der Waals surface area contributed by atoms with E-state index >= 15 is 0 Å². The fraction of sp³-hybridized carbons (Fsp3) is 0.0556. The van der Waals surface area contributed by atoms with Gasteiger partial charge in [0, 0.05) is 28.2 Å². The van der Waals surface area contributed by atoms with E-state index in [2.05, 4.69) is 26.5 Å². The fourth-order valence-corrected chi connectivity index (χ4v) is 4.60. The number of hydrogen-bond donors (Lipinski definition) is 0. The van der Waals surface area contributed by atoms with Crippen LogP contribution in [-0.2, 0) is 0 Å². The molecule has 4 rings (SSSR count). The molecular weight excluding hydrogens is 374 g/mol. The first-order chi connectivity index (χ1) is 12.3. The Labute approximate surface area is 156 Å². The lowest BCUT2D eigenvalue weighted by molar-refractivity contribution is 0.415. The zero-order valence-electron chi connectivity index (χ0n) is 13.1. The number of aromatic nitrogens is 2. The Kier molecular flexibility index (Phi) is 4.48. The predicted molar refractivity (Wildman–Crippen MR) is 104 cm³/mol. The first-order valence-corrected chi connectivity index (χ1v) is 9.93. The Morgan fingerprint density at radius 3 is 2.68 bits per heavy atom. The second-order valence-corrected chi connectivity index (χ2v) is 7.41. The molecule has 2 aromatic carbocycles. The van der Waals surface area contributed by atoms with Gasteiger partial charge >= 0.3 is 0 Å². The van der Waals surface area contributed by atoms with Gasteiger partial charge in [0.1, 0.15) is 5.75 Å². The molecule has 0 saturated heterocycles. The van der Waals surface area contributed by atoms with Gasteiger partial charge in [-0.1, -0.05) is 41.9 Å². The molecule has 2 aromatic heterocycles. The summed E-state index contributed by atoms with van der Waals surface area (Å²) in [5.74, 6) is 0.723. The van der Waals surface area contributed by atoms with Gasteiger partial charge in [-0.3, -0.25) is 4.98 Å². The minimum absolute atomic E-state index is 0.408. The molecular formula is C18H12ClN3OS2. The standard InChI is InChI=1S/C18H12ClN3OS2/c1-23-12-9-14-13(11-5-3-2-4-6-11)7-8-20-16(14)15(10-12)21-18-17(19)22-25-24-18/h2-10H,1H3. The molecule has 2 heterocycles. The number of pyridine rings is 1. The highest BCUT2D eigenvalue weighted by Crippen LogP contribution is 2.35. The summed E-state index contributed by atoms with van der Waals surface area (Å²) in [6, 6.07) is 16.0. The molecule has 4 nitrogen and oxygen atoms in total. The third-order valence-corrected chi connectivity index (χ3v) is 5.92. The second-order valence-electron chi connectivity index (χ2n) is 5.22. The third-order valence-electron chi connectivity index (χ3n) is 3.75. The summed E-state index contributed by atoms with van der Waals surface area (Å²) >= 11 is 6.11. The summed E-state index contributed by atoms with van der Waals surface area (Å²) < 4.78 is 10.2. The van der Waals surface area contributed by atoms with Crippen molar-refractivity contribution in [2.24, 2.45) is 4.99 Å². The van der Waals surface area contributed by atoms with Gasteiger partial charge in [-0.2, -0.15) is 4.37 Å². The van der Waals surface area contributed by atoms with Gasteiger partial charge in [0.05, 0.1) is 18.3 Å². The topological polar surface area (TPSA) is 47.4 Å². The fourth-order valence-electron chi connectivity index (χ4n) is 2.62. The van der Waals surface area contributed by atoms with Crippen molar-refractivity contribution in [2.45, 2.75) is 0 Å². The van der Waals surface area contributed by atoms with Crippen molar-refractivity contribution in [3.05, 3.63) is 64.6 Å². The molecule has 0 aliphatic rings. The summed E-state index contributed by atoms with van der Waals surface area (Å²) in [5, 5.41) is 1.39. The highest BCUT2D eigenvalue weighted by molar-refractivity contribution is 7.66. The molecule has 0 atom stereocenters. The summed E-state index contributed by atoms with van der Waals surface area (Å²) in [7, 11) is 4.39. The lowest BCUT2D eigenvalue weighted by Crippen LogP contribution is -1.95. The Balaban J connectivity index is 2.04. The van der Waals surface area contributed by atoms with Gasteiger partial charge < -0.3 is 4.74 Å². The summed E-state index contributed by atoms with van der Waals surface area (Å²) in [6.45, 7) is 0. The number of methoxy groups -OCH3 is 1. The minimum atomic E-state index is 0.408. The molecule has 0 N–H and O–H groups in total. The van der Waals surface area contributed by atoms with Crippen LogP contribution in [0.15, 0.2) is 59.7 Å². The summed E-state index contributed by atoms with van der Waals surface area (Å²) in [5.41, 5.74) is 3.72. The first kappa shape index (κ1) is 16.2. The Morgan fingerprint density at radius 1 is 1.12 bits per heavy atom. The van der Waals surface area contributed by atoms with Crippen LogP contribution in [0.4, 0.5) is 5.69 Å². The molecule has 0 amide bonds. The van der Waals surface area contributed by atoms with Crippen molar-refractivity contribution < 1.29 is 4.74 Å². The molecule has 25 heavy (non-hydrogen) atoms. The zero-order chi connectivity index (χ0) is 17.2. The van der Waals surface area contributed by atoms with Gasteiger partial charge in [-0.25, -0.2) is 4.99 Å². The molecule has 0 saturated carbocycles. The van der Waals surface area contributed by atoms with Crippen LogP contribution in [0.5, 0.6) is 5.75 Å². The molecule has 4 aromatic rings. The number of rotatable bonds is 3. The SMILES string of the molecule is COc1cc(N=c2ssnc2Cl)c2nccc(-c3ccccc3)c2c1. The molecule has 0 bridgehead atoms. The Hall–Kier alpha value is -2.28. The van der Waals surface area contributed by atoms with Crippen LogP contribution in [0.25, 0.3) is 22.0 Å². The number of fused-ring (bicyclic) bond motifs is 1. The van der Waals surface area contributed by atoms with Crippen molar-refractivity contribution in [3.8, 4) is 16.9 Å². The van der Waals surface area contributed by atoms with Crippen molar-refractivity contribution in [3.63, 3.8) is 0 Å². The van der Waals surface area contributed by atoms with E-state index in [0.717, 1.165) is 27.8 Å². The lowest BCUT2D eigenvalue weighted by atomic mass is 10.0. The Bertz CT molecular complexity index is 1110. The van der Waals surface area contributed by atoms with E-state index in [1.54, 1.807) is 13.3 Å². The van der Waals surface area contributed by atoms with Crippen LogP contribution in [0.3, 0.4) is 0 Å². The molecule has 0 unspecified atom stereocenters. The maximum Gasteiger partial charge on any atom is 0.179 e. The van der Waals surface area contributed by atoms with Gasteiger partial charge in [0.25, 0.3) is 0 Å². The van der Waals surface area contributed by atoms with Crippen molar-refractivity contribution in [1.82, 2.24) is 9.36 Å². The normalized spacial score (nSPS) is 11.8. The molecule has 0 aliphatic carbocycles. The van der Waals surface area contributed by atoms with E-state index in [9.17, 15) is 0 Å². The van der Waals surface area contributed by atoms with Crippen LogP contribution >= 0.6 is 32.5 Å². The maximum atomic E-state index is 6.11. The monoisotopic (exact) mass is 385 g/mol. The number of nitrogens with zero attached hydrogens (tertiary/aromatic N) is 3. The predicted octanol–water partition coefficient (Wildman–Crippen LogP) is 5.31. The van der Waals surface area contributed by atoms with Gasteiger partial charge in [-0.05, 0) is 33.6 Å². The van der Waals surface area contributed by atoms with Crippen molar-refractivity contribution in [2.75, 3.05) is 7.11 Å². The quantitative estimate of drug-likeness (QED) is 0.449. The molecule has 0 radical (unpaired) electrons. The number of benzene rings is 2. The second kappa shape index (κ2) is 6.92. The van der Waals surface area contributed by atoms with E-state index in [-0.39, 0.29) is 0 Å². The molecule has 7 heteroatoms. The average Bonchev–Trinajstić information content (AvgIpc) is 3.06. The highest BCUT2D eigenvalue weighted by Gasteiger charge is 2.11. The van der Waals surface area contributed by atoms with Gasteiger partial charge in [-0.15, -0.1) is 0 Å². The van der Waals surface area contributed by atoms with Crippen LogP contribution in [0.1, 0.15) is 0 Å². The highest BCUT2D eigenvalue weighted by atomic mass is 35.5. The average molecular weight is 386 g/mol. The number of halogens is 1. The number of hydrogen-bond acceptors (Lipinski definition) is 6.